The van der Waals surface area contributed by atoms with E-state index in [-0.39, 0.29) is 12.0 Å². The Kier molecular flexibility index (Phi) is 4.27. The van der Waals surface area contributed by atoms with Crippen molar-refractivity contribution in [1.29, 1.82) is 0 Å². The highest BCUT2D eigenvalue weighted by atomic mass is 16.3. The second-order valence-electron chi connectivity index (χ2n) is 5.09. The van der Waals surface area contributed by atoms with Crippen molar-refractivity contribution < 1.29 is 9.90 Å². The molecule has 2 unspecified atom stereocenters. The molecule has 1 aliphatic carbocycles. The van der Waals surface area contributed by atoms with E-state index in [4.69, 9.17) is 5.73 Å². The average molecular weight is 263 g/mol. The minimum atomic E-state index is -0.165. The number of aliphatic hydroxyl groups is 1. The first-order chi connectivity index (χ1) is 9.10. The number of carbonyl (C=O) groups is 1. The highest BCUT2D eigenvalue weighted by Crippen LogP contribution is 2.27. The Bertz CT molecular complexity index is 462. The number of hydrogen-bond donors (Lipinski definition) is 4. The zero-order valence-corrected chi connectivity index (χ0v) is 11.1. The summed E-state index contributed by atoms with van der Waals surface area (Å²) in [6.45, 7) is 0.776. The minimum Gasteiger partial charge on any atom is -0.397 e. The molecule has 2 atom stereocenters. The third-order valence-electron chi connectivity index (χ3n) is 3.64. The first-order valence-corrected chi connectivity index (χ1v) is 6.63. The Hall–Kier alpha value is -1.75. The molecule has 1 fully saturated rings. The van der Waals surface area contributed by atoms with Crippen LogP contribution in [-0.4, -0.2) is 30.7 Å². The number of benzene rings is 1. The average Bonchev–Trinajstić information content (AvgIpc) is 2.82. The molecule has 104 valence electrons. The fourth-order valence-electron chi connectivity index (χ4n) is 2.48. The Morgan fingerprint density at radius 1 is 1.47 bits per heavy atom. The van der Waals surface area contributed by atoms with Gasteiger partial charge in [0.05, 0.1) is 17.5 Å². The normalized spacial score (nSPS) is 22.2. The summed E-state index contributed by atoms with van der Waals surface area (Å²) < 4.78 is 0. The van der Waals surface area contributed by atoms with Gasteiger partial charge in [0.25, 0.3) is 5.91 Å². The van der Waals surface area contributed by atoms with Gasteiger partial charge >= 0.3 is 0 Å². The Balaban J connectivity index is 2.00. The fourth-order valence-corrected chi connectivity index (χ4v) is 2.48. The molecule has 1 aromatic rings. The van der Waals surface area contributed by atoms with E-state index >= 15 is 0 Å². The van der Waals surface area contributed by atoms with E-state index in [1.807, 2.05) is 0 Å². The van der Waals surface area contributed by atoms with Gasteiger partial charge in [-0.05, 0) is 43.4 Å². The summed E-state index contributed by atoms with van der Waals surface area (Å²) in [4.78, 5) is 11.6. The number of hydrogen-bond acceptors (Lipinski definition) is 4. The zero-order chi connectivity index (χ0) is 13.8. The minimum absolute atomic E-state index is 0.126. The lowest BCUT2D eigenvalue weighted by Crippen LogP contribution is -2.19. The van der Waals surface area contributed by atoms with Crippen LogP contribution in [0.25, 0.3) is 0 Å². The maximum absolute atomic E-state index is 11.6. The lowest BCUT2D eigenvalue weighted by Gasteiger charge is -2.14. The van der Waals surface area contributed by atoms with Gasteiger partial charge in [-0.2, -0.15) is 0 Å². The van der Waals surface area contributed by atoms with Crippen molar-refractivity contribution in [3.8, 4) is 0 Å². The summed E-state index contributed by atoms with van der Waals surface area (Å²) in [5.41, 5.74) is 7.90. The molecule has 1 saturated carbocycles. The maximum Gasteiger partial charge on any atom is 0.251 e. The van der Waals surface area contributed by atoms with Crippen LogP contribution in [0, 0.1) is 5.92 Å². The van der Waals surface area contributed by atoms with Gasteiger partial charge in [0.1, 0.15) is 0 Å². The number of aliphatic hydroxyl groups excluding tert-OH is 1. The first kappa shape index (κ1) is 13.7. The summed E-state index contributed by atoms with van der Waals surface area (Å²) >= 11 is 0. The van der Waals surface area contributed by atoms with E-state index in [1.165, 1.54) is 0 Å². The lowest BCUT2D eigenvalue weighted by molar-refractivity contribution is 0.0963. The van der Waals surface area contributed by atoms with E-state index in [2.05, 4.69) is 10.6 Å². The standard InChI is InChI=1S/C14H21N3O2/c1-16-14(19)10-3-5-12(15)13(7-10)17-8-9-2-4-11(18)6-9/h3,5,7,9,11,17-18H,2,4,6,8,15H2,1H3,(H,16,19). The lowest BCUT2D eigenvalue weighted by atomic mass is 10.1. The predicted molar refractivity (Wildman–Crippen MR) is 76.1 cm³/mol. The van der Waals surface area contributed by atoms with Crippen molar-refractivity contribution in [2.75, 3.05) is 24.6 Å². The summed E-state index contributed by atoms with van der Waals surface area (Å²) in [7, 11) is 1.60. The van der Waals surface area contributed by atoms with E-state index in [9.17, 15) is 9.90 Å². The number of nitrogen functional groups attached to an aromatic ring is 1. The molecule has 2 rings (SSSR count). The second kappa shape index (κ2) is 5.93. The van der Waals surface area contributed by atoms with Gasteiger partial charge < -0.3 is 21.5 Å². The summed E-state index contributed by atoms with van der Waals surface area (Å²) in [5, 5.41) is 15.4. The van der Waals surface area contributed by atoms with Crippen LogP contribution >= 0.6 is 0 Å². The van der Waals surface area contributed by atoms with E-state index < -0.39 is 0 Å². The number of anilines is 2. The van der Waals surface area contributed by atoms with Crippen molar-refractivity contribution in [1.82, 2.24) is 5.32 Å². The van der Waals surface area contributed by atoms with Crippen LogP contribution in [0.2, 0.25) is 0 Å². The molecule has 5 nitrogen and oxygen atoms in total. The molecular formula is C14H21N3O2. The van der Waals surface area contributed by atoms with Gasteiger partial charge in [-0.3, -0.25) is 4.79 Å². The molecule has 5 N–H and O–H groups in total. The smallest absolute Gasteiger partial charge is 0.251 e. The predicted octanol–water partition coefficient (Wildman–Crippen LogP) is 1.20. The molecule has 5 heteroatoms. The topological polar surface area (TPSA) is 87.4 Å². The first-order valence-electron chi connectivity index (χ1n) is 6.63. The van der Waals surface area contributed by atoms with Gasteiger partial charge in [0.15, 0.2) is 0 Å². The Morgan fingerprint density at radius 2 is 2.26 bits per heavy atom. The molecule has 0 saturated heterocycles. The van der Waals surface area contributed by atoms with Gasteiger partial charge in [-0.25, -0.2) is 0 Å². The van der Waals surface area contributed by atoms with Gasteiger partial charge in [-0.15, -0.1) is 0 Å². The van der Waals surface area contributed by atoms with Crippen molar-refractivity contribution in [3.63, 3.8) is 0 Å². The molecule has 0 spiro atoms. The third-order valence-corrected chi connectivity index (χ3v) is 3.64. The number of rotatable bonds is 4. The highest BCUT2D eigenvalue weighted by Gasteiger charge is 2.22. The van der Waals surface area contributed by atoms with E-state index in [1.54, 1.807) is 25.2 Å². The maximum atomic E-state index is 11.6. The zero-order valence-electron chi connectivity index (χ0n) is 11.1. The van der Waals surface area contributed by atoms with Gasteiger partial charge in [0.2, 0.25) is 0 Å². The van der Waals surface area contributed by atoms with Crippen LogP contribution in [0.5, 0.6) is 0 Å². The monoisotopic (exact) mass is 263 g/mol. The van der Waals surface area contributed by atoms with Crippen molar-refractivity contribution in [2.45, 2.75) is 25.4 Å². The summed E-state index contributed by atoms with van der Waals surface area (Å²) in [6, 6.07) is 5.20. The Morgan fingerprint density at radius 3 is 2.89 bits per heavy atom. The van der Waals surface area contributed by atoms with Gasteiger partial charge in [-0.1, -0.05) is 0 Å². The molecule has 0 heterocycles. The molecule has 1 aliphatic rings. The number of amides is 1. The van der Waals surface area contributed by atoms with Crippen LogP contribution < -0.4 is 16.4 Å². The number of carbonyl (C=O) groups excluding carboxylic acids is 1. The largest absolute Gasteiger partial charge is 0.397 e. The van der Waals surface area contributed by atoms with Gasteiger partial charge in [0, 0.05) is 19.2 Å². The summed E-state index contributed by atoms with van der Waals surface area (Å²) in [6.07, 6.45) is 2.58. The van der Waals surface area contributed by atoms with Crippen LogP contribution in [0.15, 0.2) is 18.2 Å². The molecule has 0 aromatic heterocycles. The molecule has 1 aromatic carbocycles. The molecule has 0 radical (unpaired) electrons. The van der Waals surface area contributed by atoms with E-state index in [0.29, 0.717) is 17.2 Å². The van der Waals surface area contributed by atoms with Crippen molar-refractivity contribution in [2.24, 2.45) is 5.92 Å². The number of nitrogens with one attached hydrogen (secondary N) is 2. The Labute approximate surface area is 113 Å². The summed E-state index contributed by atoms with van der Waals surface area (Å²) in [5.74, 6) is 0.345. The molecule has 19 heavy (non-hydrogen) atoms. The number of nitrogens with two attached hydrogens (primary N) is 1. The molecule has 1 amide bonds. The van der Waals surface area contributed by atoms with Crippen LogP contribution in [0.3, 0.4) is 0 Å². The van der Waals surface area contributed by atoms with Crippen molar-refractivity contribution >= 4 is 17.3 Å². The van der Waals surface area contributed by atoms with Crippen molar-refractivity contribution in [3.05, 3.63) is 23.8 Å². The SMILES string of the molecule is CNC(=O)c1ccc(N)c(NCC2CCC(O)C2)c1. The van der Waals surface area contributed by atoms with Crippen LogP contribution in [0.4, 0.5) is 11.4 Å². The molecular weight excluding hydrogens is 242 g/mol. The third kappa shape index (κ3) is 3.38. The fraction of sp³-hybridized carbons (Fsp3) is 0.500. The highest BCUT2D eigenvalue weighted by molar-refractivity contribution is 5.96. The molecule has 0 aliphatic heterocycles. The molecule has 0 bridgehead atoms. The van der Waals surface area contributed by atoms with E-state index in [0.717, 1.165) is 31.5 Å². The van der Waals surface area contributed by atoms with Crippen LogP contribution in [-0.2, 0) is 0 Å². The quantitative estimate of drug-likeness (QED) is 0.615. The van der Waals surface area contributed by atoms with Crippen LogP contribution in [0.1, 0.15) is 29.6 Å². The second-order valence-corrected chi connectivity index (χ2v) is 5.09.